The molecule has 0 amide bonds. The average molecular weight is 1010 g/mol. The van der Waals surface area contributed by atoms with E-state index in [1.807, 2.05) is 51.5 Å². The van der Waals surface area contributed by atoms with Crippen molar-refractivity contribution >= 4 is 157 Å². The predicted molar refractivity (Wildman–Crippen MR) is 246 cm³/mol. The molecule has 0 aliphatic heterocycles. The predicted octanol–water partition coefficient (Wildman–Crippen LogP) is 15.9. The number of pyridine rings is 2. The molecule has 15 heteroatoms. The summed E-state index contributed by atoms with van der Waals surface area (Å²) in [5, 5.41) is 2.19. The topological polar surface area (TPSA) is 77.3 Å². The van der Waals surface area contributed by atoms with Crippen LogP contribution >= 0.6 is 117 Å². The molecule has 280 valence electrons. The van der Waals surface area contributed by atoms with Gasteiger partial charge in [-0.05, 0) is 102 Å². The largest absolute Gasteiger partial charge is 0.252 e. The summed E-state index contributed by atoms with van der Waals surface area (Å²) >= 11 is 20.2. The van der Waals surface area contributed by atoms with Gasteiger partial charge in [0.25, 0.3) is 0 Å². The van der Waals surface area contributed by atoms with Crippen LogP contribution < -0.4 is 0 Å². The van der Waals surface area contributed by atoms with E-state index in [1.54, 1.807) is 11.1 Å². The van der Waals surface area contributed by atoms with Crippen LogP contribution in [0.3, 0.4) is 0 Å². The molecule has 2 unspecified atom stereocenters. The molecule has 53 heavy (non-hydrogen) atoms. The first-order valence-electron chi connectivity index (χ1n) is 18.0. The molecule has 0 fully saturated rings. The van der Waals surface area contributed by atoms with Gasteiger partial charge in [-0.25, -0.2) is 4.98 Å². The Labute approximate surface area is 361 Å². The zero-order valence-electron chi connectivity index (χ0n) is 30.0. The zero-order valence-corrected chi connectivity index (χ0v) is 39.7. The van der Waals surface area contributed by atoms with Crippen molar-refractivity contribution in [1.82, 2.24) is 27.5 Å². The molecule has 0 radical (unpaired) electrons. The van der Waals surface area contributed by atoms with Crippen LogP contribution in [0.5, 0.6) is 0 Å². The Kier molecular flexibility index (Phi) is 15.8. The average Bonchev–Trinajstić information content (AvgIpc) is 4.01. The molecule has 8 rings (SSSR count). The standard InChI is InChI=1S/C19H20BrN3S3.C14H20S2.C5HBr2N3S/c1-3-5-6-11(4-2)7-12-8-14-15(24-12)9-16(25-14)18-19-17(22-26-23-19)13(20)10-21-18;1-3-5-6-11(4-2)9-12-10-14-13(16-12)7-8-15-14;6-2-1-8-5(7)4-3(2)9-11-10-4/h8-11H,3-7H2,1-2H3;7-8,10-11H,3-6,9H2,1-2H3;1H. The van der Waals surface area contributed by atoms with Gasteiger partial charge in [-0.1, -0.05) is 79.1 Å². The second-order valence-electron chi connectivity index (χ2n) is 12.9. The maximum absolute atomic E-state index is 4.61. The zero-order chi connectivity index (χ0) is 37.3. The lowest BCUT2D eigenvalue weighted by atomic mass is 9.95. The SMILES string of the molecule is Brc1cnc(Br)c2nsnc12.CCCCC(CC)Cc1cc2sc(-c3ncc(Br)c4nsnc34)cc2s1.CCCCC(CC)Cc1cc2sccc2s1. The molecule has 8 aromatic rings. The Morgan fingerprint density at radius 2 is 1.15 bits per heavy atom. The van der Waals surface area contributed by atoms with Gasteiger partial charge in [0.05, 0.1) is 37.3 Å². The van der Waals surface area contributed by atoms with E-state index < -0.39 is 0 Å². The molecule has 0 saturated heterocycles. The van der Waals surface area contributed by atoms with E-state index in [0.29, 0.717) is 0 Å². The summed E-state index contributed by atoms with van der Waals surface area (Å²) < 4.78 is 25.2. The van der Waals surface area contributed by atoms with Gasteiger partial charge in [-0.2, -0.15) is 17.5 Å². The fourth-order valence-electron chi connectivity index (χ4n) is 6.12. The van der Waals surface area contributed by atoms with Crippen LogP contribution in [-0.2, 0) is 12.8 Å². The Balaban J connectivity index is 0.000000151. The van der Waals surface area contributed by atoms with Gasteiger partial charge in [0.2, 0.25) is 0 Å². The van der Waals surface area contributed by atoms with Crippen LogP contribution in [0.4, 0.5) is 0 Å². The van der Waals surface area contributed by atoms with Gasteiger partial charge >= 0.3 is 0 Å². The summed E-state index contributed by atoms with van der Waals surface area (Å²) in [6.45, 7) is 9.21. The number of unbranched alkanes of at least 4 members (excludes halogenated alkanes) is 2. The molecular formula is C38H41Br3N6S6. The highest BCUT2D eigenvalue weighted by atomic mass is 79.9. The number of rotatable bonds is 13. The minimum atomic E-state index is 0.740. The number of hydrogen-bond donors (Lipinski definition) is 0. The van der Waals surface area contributed by atoms with Crippen molar-refractivity contribution < 1.29 is 0 Å². The highest BCUT2D eigenvalue weighted by Gasteiger charge is 2.17. The quantitative estimate of drug-likeness (QED) is 0.107. The third kappa shape index (κ3) is 10.6. The summed E-state index contributed by atoms with van der Waals surface area (Å²) in [5.41, 5.74) is 4.41. The van der Waals surface area contributed by atoms with Crippen LogP contribution in [0.15, 0.2) is 55.6 Å². The molecule has 0 N–H and O–H groups in total. The molecule has 8 aromatic heterocycles. The first-order valence-corrected chi connectivity index (χ1v) is 25.2. The van der Waals surface area contributed by atoms with Gasteiger partial charge < -0.3 is 0 Å². The Hall–Kier alpha value is -1.30. The number of nitrogens with zero attached hydrogens (tertiary/aromatic N) is 6. The van der Waals surface area contributed by atoms with Crippen LogP contribution in [0.2, 0.25) is 0 Å². The third-order valence-electron chi connectivity index (χ3n) is 9.20. The lowest BCUT2D eigenvalue weighted by molar-refractivity contribution is 0.452. The summed E-state index contributed by atoms with van der Waals surface area (Å²) in [6.07, 6.45) is 16.7. The highest BCUT2D eigenvalue weighted by molar-refractivity contribution is 9.11. The monoisotopic (exact) mass is 1010 g/mol. The van der Waals surface area contributed by atoms with Crippen LogP contribution in [0, 0.1) is 11.8 Å². The second kappa shape index (κ2) is 20.2. The first-order chi connectivity index (χ1) is 25.8. The Morgan fingerprint density at radius 1 is 0.604 bits per heavy atom. The minimum Gasteiger partial charge on any atom is -0.252 e. The lowest BCUT2D eigenvalue weighted by Crippen LogP contribution is -2.01. The molecule has 0 aromatic carbocycles. The van der Waals surface area contributed by atoms with E-state index in [1.165, 1.54) is 116 Å². The van der Waals surface area contributed by atoms with Gasteiger partial charge in [-0.3, -0.25) is 4.98 Å². The molecule has 0 aliphatic rings. The van der Waals surface area contributed by atoms with Crippen molar-refractivity contribution in [3.63, 3.8) is 0 Å². The summed E-state index contributed by atoms with van der Waals surface area (Å²) in [5.74, 6) is 1.71. The van der Waals surface area contributed by atoms with Gasteiger partial charge in [0.1, 0.15) is 32.4 Å². The number of hydrogen-bond acceptors (Lipinski definition) is 12. The van der Waals surface area contributed by atoms with Gasteiger partial charge in [0.15, 0.2) is 0 Å². The van der Waals surface area contributed by atoms with E-state index in [2.05, 4.69) is 133 Å². The normalized spacial score (nSPS) is 12.7. The maximum atomic E-state index is 4.61. The van der Waals surface area contributed by atoms with E-state index in [-0.39, 0.29) is 0 Å². The summed E-state index contributed by atoms with van der Waals surface area (Å²) in [6, 6.07) is 9.31. The van der Waals surface area contributed by atoms with Gasteiger partial charge in [-0.15, -0.1) is 45.3 Å². The molecule has 0 saturated carbocycles. The van der Waals surface area contributed by atoms with Gasteiger partial charge in [0, 0.05) is 40.9 Å². The van der Waals surface area contributed by atoms with Crippen molar-refractivity contribution in [1.29, 1.82) is 0 Å². The molecular weight excluding hydrogens is 973 g/mol. The number of thiophene rings is 4. The second-order valence-corrected chi connectivity index (χ2v) is 20.8. The minimum absolute atomic E-state index is 0.740. The molecule has 2 atom stereocenters. The summed E-state index contributed by atoms with van der Waals surface area (Å²) in [7, 11) is 0. The first kappa shape index (κ1) is 41.3. The van der Waals surface area contributed by atoms with Crippen molar-refractivity contribution in [3.8, 4) is 10.6 Å². The fourth-order valence-corrected chi connectivity index (χ4v) is 13.5. The molecule has 0 aliphatic carbocycles. The van der Waals surface area contributed by atoms with Crippen molar-refractivity contribution in [2.24, 2.45) is 11.8 Å². The van der Waals surface area contributed by atoms with Crippen molar-refractivity contribution in [2.45, 2.75) is 91.9 Å². The van der Waals surface area contributed by atoms with E-state index >= 15 is 0 Å². The maximum Gasteiger partial charge on any atom is 0.138 e. The lowest BCUT2D eigenvalue weighted by Gasteiger charge is -2.12. The highest BCUT2D eigenvalue weighted by Crippen LogP contribution is 2.41. The molecule has 0 spiro atoms. The number of fused-ring (bicyclic) bond motifs is 4. The van der Waals surface area contributed by atoms with Crippen LogP contribution in [0.1, 0.15) is 88.8 Å². The number of aromatic nitrogens is 6. The van der Waals surface area contributed by atoms with Crippen molar-refractivity contribution in [3.05, 3.63) is 65.3 Å². The van der Waals surface area contributed by atoms with Crippen molar-refractivity contribution in [2.75, 3.05) is 0 Å². The smallest absolute Gasteiger partial charge is 0.138 e. The van der Waals surface area contributed by atoms with Crippen LogP contribution in [-0.4, -0.2) is 27.5 Å². The Morgan fingerprint density at radius 3 is 1.74 bits per heavy atom. The van der Waals surface area contributed by atoms with E-state index in [4.69, 9.17) is 0 Å². The third-order valence-corrected chi connectivity index (χ3v) is 16.4. The van der Waals surface area contributed by atoms with E-state index in [0.717, 1.165) is 53.1 Å². The molecule has 6 nitrogen and oxygen atoms in total. The summed E-state index contributed by atoms with van der Waals surface area (Å²) in [4.78, 5) is 13.0. The Bertz CT molecular complexity index is 2260. The van der Waals surface area contributed by atoms with Crippen LogP contribution in [0.25, 0.3) is 51.4 Å². The fraction of sp³-hybridized carbons (Fsp3) is 0.421. The number of halogens is 3. The molecule has 8 heterocycles. The molecule has 0 bridgehead atoms. The van der Waals surface area contributed by atoms with E-state index in [9.17, 15) is 0 Å².